The molecule has 0 aromatic heterocycles. The number of allylic oxidation sites excluding steroid dienone is 2. The molecule has 19 heavy (non-hydrogen) atoms. The average Bonchev–Trinajstić information content (AvgIpc) is 2.81. The van der Waals surface area contributed by atoms with Crippen LogP contribution in [0.25, 0.3) is 0 Å². The molecule has 0 aromatic rings. The van der Waals surface area contributed by atoms with Gasteiger partial charge in [0, 0.05) is 13.2 Å². The second-order valence-electron chi connectivity index (χ2n) is 8.12. The summed E-state index contributed by atoms with van der Waals surface area (Å²) in [5.41, 5.74) is 0. The van der Waals surface area contributed by atoms with Crippen molar-refractivity contribution in [3.63, 3.8) is 0 Å². The fraction of sp³-hybridized carbons (Fsp3) is 0.867. The molecule has 4 heteroatoms. The van der Waals surface area contributed by atoms with E-state index in [2.05, 4.69) is 51.4 Å². The maximum absolute atomic E-state index is 6.19. The van der Waals surface area contributed by atoms with Crippen molar-refractivity contribution in [2.45, 2.75) is 45.7 Å². The molecule has 0 saturated heterocycles. The van der Waals surface area contributed by atoms with Crippen LogP contribution in [0.15, 0.2) is 12.2 Å². The van der Waals surface area contributed by atoms with Crippen molar-refractivity contribution in [3.05, 3.63) is 12.2 Å². The summed E-state index contributed by atoms with van der Waals surface area (Å²) in [5, 5.41) is 0. The molecule has 0 N–H and O–H groups in total. The first-order valence-corrected chi connectivity index (χ1v) is 14.4. The van der Waals surface area contributed by atoms with Gasteiger partial charge in [-0.25, -0.2) is 0 Å². The molecule has 0 heterocycles. The van der Waals surface area contributed by atoms with E-state index in [1.54, 1.807) is 0 Å². The van der Waals surface area contributed by atoms with Crippen LogP contribution in [0, 0.1) is 23.7 Å². The first-order valence-electron chi connectivity index (χ1n) is 7.62. The lowest BCUT2D eigenvalue weighted by Gasteiger charge is -2.32. The fourth-order valence-corrected chi connectivity index (χ4v) is 4.60. The molecule has 2 bridgehead atoms. The van der Waals surface area contributed by atoms with Gasteiger partial charge in [0.15, 0.2) is 16.6 Å². The third-order valence-corrected chi connectivity index (χ3v) is 6.28. The van der Waals surface area contributed by atoms with Crippen molar-refractivity contribution in [3.8, 4) is 0 Å². The van der Waals surface area contributed by atoms with E-state index < -0.39 is 16.6 Å². The van der Waals surface area contributed by atoms with Crippen molar-refractivity contribution in [2.24, 2.45) is 23.7 Å². The summed E-state index contributed by atoms with van der Waals surface area (Å²) in [6.45, 7) is 15.6. The van der Waals surface area contributed by atoms with Crippen molar-refractivity contribution in [2.75, 3.05) is 13.2 Å². The van der Waals surface area contributed by atoms with E-state index in [1.165, 1.54) is 6.42 Å². The smallest absolute Gasteiger partial charge is 0.183 e. The molecule has 2 aliphatic rings. The van der Waals surface area contributed by atoms with Gasteiger partial charge in [-0.15, -0.1) is 0 Å². The van der Waals surface area contributed by atoms with Crippen molar-refractivity contribution >= 4 is 16.6 Å². The van der Waals surface area contributed by atoms with Gasteiger partial charge in [-0.3, -0.25) is 0 Å². The maximum atomic E-state index is 6.19. The molecule has 0 spiro atoms. The predicted octanol–water partition coefficient (Wildman–Crippen LogP) is 4.13. The van der Waals surface area contributed by atoms with Gasteiger partial charge in [-0.1, -0.05) is 12.2 Å². The highest BCUT2D eigenvalue weighted by atomic mass is 28.4. The second-order valence-corrected chi connectivity index (χ2v) is 17.1. The summed E-state index contributed by atoms with van der Waals surface area (Å²) in [4.78, 5) is 0. The molecule has 4 atom stereocenters. The van der Waals surface area contributed by atoms with E-state index in [9.17, 15) is 0 Å². The molecule has 0 aliphatic heterocycles. The van der Waals surface area contributed by atoms with Gasteiger partial charge in [-0.05, 0) is 69.4 Å². The second kappa shape index (κ2) is 5.47. The van der Waals surface area contributed by atoms with Crippen LogP contribution in [-0.2, 0) is 8.85 Å². The monoisotopic (exact) mass is 298 g/mol. The lowest BCUT2D eigenvalue weighted by atomic mass is 9.84. The predicted molar refractivity (Wildman–Crippen MR) is 86.3 cm³/mol. The fourth-order valence-electron chi connectivity index (χ4n) is 3.21. The summed E-state index contributed by atoms with van der Waals surface area (Å²) < 4.78 is 12.4. The van der Waals surface area contributed by atoms with E-state index in [0.29, 0.717) is 11.8 Å². The van der Waals surface area contributed by atoms with Crippen molar-refractivity contribution < 1.29 is 8.85 Å². The summed E-state index contributed by atoms with van der Waals surface area (Å²) in [6.07, 6.45) is 6.18. The molecular formula is C15H30O2Si2. The Labute approximate surface area is 120 Å². The normalized spacial score (nSPS) is 34.2. The molecule has 110 valence electrons. The quantitative estimate of drug-likeness (QED) is 0.542. The Kier molecular flexibility index (Phi) is 4.46. The average molecular weight is 299 g/mol. The highest BCUT2D eigenvalue weighted by Crippen LogP contribution is 2.48. The Morgan fingerprint density at radius 1 is 0.789 bits per heavy atom. The molecule has 0 aromatic carbocycles. The van der Waals surface area contributed by atoms with E-state index in [1.807, 2.05) is 0 Å². The van der Waals surface area contributed by atoms with Crippen LogP contribution in [0.4, 0.5) is 0 Å². The molecule has 2 rings (SSSR count). The van der Waals surface area contributed by atoms with E-state index >= 15 is 0 Å². The van der Waals surface area contributed by atoms with Crippen LogP contribution in [0.5, 0.6) is 0 Å². The molecule has 1 saturated carbocycles. The number of rotatable bonds is 6. The zero-order valence-corrected chi connectivity index (χ0v) is 15.4. The number of hydrogen-bond acceptors (Lipinski definition) is 2. The molecule has 0 radical (unpaired) electrons. The summed E-state index contributed by atoms with van der Waals surface area (Å²) in [7, 11) is -2.80. The third-order valence-electron chi connectivity index (χ3n) is 4.22. The minimum atomic E-state index is -1.40. The van der Waals surface area contributed by atoms with Gasteiger partial charge >= 0.3 is 0 Å². The Morgan fingerprint density at radius 2 is 1.16 bits per heavy atom. The molecule has 1 fully saturated rings. The van der Waals surface area contributed by atoms with Crippen LogP contribution in [-0.4, -0.2) is 29.8 Å². The van der Waals surface area contributed by atoms with Crippen LogP contribution >= 0.6 is 0 Å². The molecule has 0 amide bonds. The van der Waals surface area contributed by atoms with Crippen LogP contribution in [0.3, 0.4) is 0 Å². The maximum Gasteiger partial charge on any atom is 0.183 e. The zero-order valence-electron chi connectivity index (χ0n) is 13.4. The number of hydrogen-bond donors (Lipinski definition) is 0. The van der Waals surface area contributed by atoms with E-state index in [4.69, 9.17) is 8.85 Å². The van der Waals surface area contributed by atoms with Gasteiger partial charge in [0.25, 0.3) is 0 Å². The topological polar surface area (TPSA) is 18.5 Å². The van der Waals surface area contributed by atoms with Gasteiger partial charge in [-0.2, -0.15) is 0 Å². The largest absolute Gasteiger partial charge is 0.417 e. The Balaban J connectivity index is 1.94. The highest BCUT2D eigenvalue weighted by Gasteiger charge is 2.45. The Hall–Kier alpha value is 0.0938. The molecule has 2 nitrogen and oxygen atoms in total. The van der Waals surface area contributed by atoms with Crippen LogP contribution in [0.2, 0.25) is 39.3 Å². The van der Waals surface area contributed by atoms with E-state index in [-0.39, 0.29) is 0 Å². The van der Waals surface area contributed by atoms with Gasteiger partial charge < -0.3 is 8.85 Å². The molecule has 4 unspecified atom stereocenters. The molecule has 2 aliphatic carbocycles. The van der Waals surface area contributed by atoms with Crippen molar-refractivity contribution in [1.82, 2.24) is 0 Å². The third kappa shape index (κ3) is 4.28. The van der Waals surface area contributed by atoms with Gasteiger partial charge in [0.05, 0.1) is 0 Å². The van der Waals surface area contributed by atoms with Crippen LogP contribution in [0.1, 0.15) is 6.42 Å². The molecular weight excluding hydrogens is 268 g/mol. The minimum Gasteiger partial charge on any atom is -0.417 e. The summed E-state index contributed by atoms with van der Waals surface area (Å²) >= 11 is 0. The number of fused-ring (bicyclic) bond motifs is 2. The summed E-state index contributed by atoms with van der Waals surface area (Å²) in [6, 6.07) is 0. The Morgan fingerprint density at radius 3 is 1.47 bits per heavy atom. The zero-order chi connectivity index (χ0) is 14.3. The SMILES string of the molecule is C[Si](C)(C)OCC1C2C=CC(C2)C1CO[Si](C)(C)C. The Bertz CT molecular complexity index is 309. The highest BCUT2D eigenvalue weighted by molar-refractivity contribution is 6.70. The minimum absolute atomic E-state index is 0.693. The van der Waals surface area contributed by atoms with E-state index in [0.717, 1.165) is 25.0 Å². The van der Waals surface area contributed by atoms with Crippen molar-refractivity contribution in [1.29, 1.82) is 0 Å². The first kappa shape index (κ1) is 15.5. The van der Waals surface area contributed by atoms with Crippen LogP contribution < -0.4 is 0 Å². The summed E-state index contributed by atoms with van der Waals surface area (Å²) in [5.74, 6) is 2.88. The standard InChI is InChI=1S/C15H30O2Si2/c1-18(2,3)16-10-14-12-7-8-13(9-12)15(14)11-17-19(4,5)6/h7-8,12-15H,9-11H2,1-6H3. The lowest BCUT2D eigenvalue weighted by molar-refractivity contribution is 0.127. The van der Waals surface area contributed by atoms with Gasteiger partial charge in [0.2, 0.25) is 0 Å². The van der Waals surface area contributed by atoms with Gasteiger partial charge in [0.1, 0.15) is 0 Å². The first-order chi connectivity index (χ1) is 8.66. The lowest BCUT2D eigenvalue weighted by Crippen LogP contribution is -2.36.